The van der Waals surface area contributed by atoms with Crippen molar-refractivity contribution in [1.29, 1.82) is 0 Å². The summed E-state index contributed by atoms with van der Waals surface area (Å²) >= 11 is 0. The smallest absolute Gasteiger partial charge is 0.211 e. The van der Waals surface area contributed by atoms with Crippen LogP contribution in [0.4, 0.5) is 0 Å². The zero-order valence-corrected chi connectivity index (χ0v) is 11.5. The SMILES string of the molecule is N/N=C(\N)NC1C2CC3CC1CC(C2)C3N=C(N)NN. The molecule has 0 radical (unpaired) electrons. The summed E-state index contributed by atoms with van der Waals surface area (Å²) in [5.74, 6) is 13.7. The Kier molecular flexibility index (Phi) is 3.33. The molecule has 0 atom stereocenters. The van der Waals surface area contributed by atoms with E-state index in [0.717, 1.165) is 25.7 Å². The normalized spacial score (nSPS) is 43.6. The first-order valence-corrected chi connectivity index (χ1v) is 7.22. The predicted molar refractivity (Wildman–Crippen MR) is 77.9 cm³/mol. The standard InChI is InChI=1S/C12H24N8/c13-11(19-15)17-9-5-1-6-3-8(9)4-7(2-5)10(6)18-12(14)20-16/h5-10H,1-4,15-16H2,(H3,13,17,19)(H3,14,18,20). The highest BCUT2D eigenvalue weighted by Crippen LogP contribution is 2.54. The second-order valence-corrected chi connectivity index (χ2v) is 6.32. The average molecular weight is 280 g/mol. The highest BCUT2D eigenvalue weighted by Gasteiger charge is 2.53. The molecule has 0 aromatic carbocycles. The third kappa shape index (κ3) is 2.13. The lowest BCUT2D eigenvalue weighted by Gasteiger charge is -2.57. The van der Waals surface area contributed by atoms with E-state index >= 15 is 0 Å². The van der Waals surface area contributed by atoms with Crippen molar-refractivity contribution in [3.63, 3.8) is 0 Å². The minimum atomic E-state index is 0.319. The lowest BCUT2D eigenvalue weighted by molar-refractivity contribution is -0.0230. The van der Waals surface area contributed by atoms with Crippen LogP contribution in [0.2, 0.25) is 0 Å². The van der Waals surface area contributed by atoms with Crippen molar-refractivity contribution in [3.05, 3.63) is 0 Å². The van der Waals surface area contributed by atoms with E-state index in [0.29, 0.717) is 47.7 Å². The van der Waals surface area contributed by atoms with Gasteiger partial charge in [-0.3, -0.25) is 5.43 Å². The first-order valence-electron chi connectivity index (χ1n) is 7.22. The van der Waals surface area contributed by atoms with Gasteiger partial charge in [-0.15, -0.1) is 5.10 Å². The predicted octanol–water partition coefficient (Wildman–Crippen LogP) is -1.65. The molecule has 0 aromatic rings. The van der Waals surface area contributed by atoms with E-state index < -0.39 is 0 Å². The van der Waals surface area contributed by atoms with E-state index in [1.807, 2.05) is 0 Å². The third-order valence-corrected chi connectivity index (χ3v) is 5.29. The van der Waals surface area contributed by atoms with Gasteiger partial charge in [0.25, 0.3) is 0 Å². The molecule has 20 heavy (non-hydrogen) atoms. The van der Waals surface area contributed by atoms with Crippen LogP contribution < -0.4 is 33.9 Å². The van der Waals surface area contributed by atoms with Crippen molar-refractivity contribution in [2.24, 2.45) is 56.9 Å². The molecule has 0 aromatic heterocycles. The zero-order valence-electron chi connectivity index (χ0n) is 11.5. The van der Waals surface area contributed by atoms with E-state index in [-0.39, 0.29) is 0 Å². The van der Waals surface area contributed by atoms with Crippen LogP contribution in [0.5, 0.6) is 0 Å². The van der Waals surface area contributed by atoms with E-state index in [1.165, 1.54) is 0 Å². The van der Waals surface area contributed by atoms with Crippen LogP contribution in [0.15, 0.2) is 10.1 Å². The molecule has 0 spiro atoms. The molecule has 0 heterocycles. The molecule has 0 amide bonds. The molecule has 112 valence electrons. The third-order valence-electron chi connectivity index (χ3n) is 5.29. The zero-order chi connectivity index (χ0) is 14.3. The number of nitrogens with two attached hydrogens (primary N) is 4. The van der Waals surface area contributed by atoms with Crippen molar-refractivity contribution in [1.82, 2.24) is 10.7 Å². The van der Waals surface area contributed by atoms with Crippen LogP contribution >= 0.6 is 0 Å². The average Bonchev–Trinajstić information content (AvgIpc) is 2.43. The van der Waals surface area contributed by atoms with Gasteiger partial charge in [-0.2, -0.15) is 0 Å². The molecule has 0 unspecified atom stereocenters. The molecule has 0 aliphatic heterocycles. The Bertz CT molecular complexity index is 401. The van der Waals surface area contributed by atoms with Gasteiger partial charge in [0.05, 0.1) is 6.04 Å². The number of hydrogen-bond donors (Lipinski definition) is 6. The molecule has 8 heteroatoms. The second-order valence-electron chi connectivity index (χ2n) is 6.32. The molecule has 4 aliphatic carbocycles. The number of hydrogen-bond acceptors (Lipinski definition) is 4. The number of hydrazine groups is 1. The highest BCUT2D eigenvalue weighted by atomic mass is 15.3. The summed E-state index contributed by atoms with van der Waals surface area (Å²) in [5, 5.41) is 6.82. The second kappa shape index (κ2) is 5.01. The van der Waals surface area contributed by atoms with E-state index in [4.69, 9.17) is 23.2 Å². The number of aliphatic imine (C=N–C) groups is 1. The van der Waals surface area contributed by atoms with Gasteiger partial charge >= 0.3 is 0 Å². The minimum Gasteiger partial charge on any atom is -0.369 e. The number of hydrazone groups is 1. The Balaban J connectivity index is 1.72. The first-order chi connectivity index (χ1) is 9.62. The molecular formula is C12H24N8. The monoisotopic (exact) mass is 280 g/mol. The molecule has 4 saturated carbocycles. The van der Waals surface area contributed by atoms with Crippen LogP contribution in [0.25, 0.3) is 0 Å². The Morgan fingerprint density at radius 1 is 0.900 bits per heavy atom. The molecule has 4 fully saturated rings. The summed E-state index contributed by atoms with van der Waals surface area (Å²) < 4.78 is 0. The van der Waals surface area contributed by atoms with Crippen molar-refractivity contribution < 1.29 is 0 Å². The lowest BCUT2D eigenvalue weighted by atomic mass is 9.52. The summed E-state index contributed by atoms with van der Waals surface area (Å²) in [6.07, 6.45) is 4.64. The van der Waals surface area contributed by atoms with Gasteiger partial charge in [-0.05, 0) is 49.4 Å². The summed E-state index contributed by atoms with van der Waals surface area (Å²) in [6, 6.07) is 0.727. The summed E-state index contributed by atoms with van der Waals surface area (Å²) in [5.41, 5.74) is 13.9. The van der Waals surface area contributed by atoms with Gasteiger partial charge in [0, 0.05) is 6.04 Å². The molecule has 8 nitrogen and oxygen atoms in total. The van der Waals surface area contributed by atoms with Gasteiger partial charge in [-0.25, -0.2) is 10.8 Å². The minimum absolute atomic E-state index is 0.319. The Morgan fingerprint density at radius 2 is 1.45 bits per heavy atom. The van der Waals surface area contributed by atoms with Crippen LogP contribution in [0.3, 0.4) is 0 Å². The van der Waals surface area contributed by atoms with E-state index in [1.54, 1.807) is 0 Å². The fraction of sp³-hybridized carbons (Fsp3) is 0.833. The summed E-state index contributed by atoms with van der Waals surface area (Å²) in [4.78, 5) is 4.57. The van der Waals surface area contributed by atoms with Crippen molar-refractivity contribution in [2.45, 2.75) is 37.8 Å². The van der Waals surface area contributed by atoms with Crippen LogP contribution in [0, 0.1) is 23.7 Å². The first kappa shape index (κ1) is 13.3. The molecule has 4 bridgehead atoms. The fourth-order valence-electron chi connectivity index (χ4n) is 4.71. The Morgan fingerprint density at radius 3 is 1.90 bits per heavy atom. The molecule has 4 aliphatic rings. The van der Waals surface area contributed by atoms with Crippen molar-refractivity contribution >= 4 is 11.9 Å². The van der Waals surface area contributed by atoms with Gasteiger partial charge in [0.1, 0.15) is 0 Å². The molecule has 0 saturated heterocycles. The number of guanidine groups is 2. The number of nitrogens with one attached hydrogen (secondary N) is 2. The molecule has 10 N–H and O–H groups in total. The maximum Gasteiger partial charge on any atom is 0.211 e. The maximum atomic E-state index is 5.72. The molecule has 4 rings (SSSR count). The van der Waals surface area contributed by atoms with Crippen LogP contribution in [-0.4, -0.2) is 24.0 Å². The number of rotatable bonds is 2. The largest absolute Gasteiger partial charge is 0.369 e. The molecular weight excluding hydrogens is 256 g/mol. The van der Waals surface area contributed by atoms with E-state index in [9.17, 15) is 0 Å². The van der Waals surface area contributed by atoms with Crippen LogP contribution in [-0.2, 0) is 0 Å². The highest BCUT2D eigenvalue weighted by molar-refractivity contribution is 5.78. The summed E-state index contributed by atoms with van der Waals surface area (Å²) in [7, 11) is 0. The fourth-order valence-corrected chi connectivity index (χ4v) is 4.71. The van der Waals surface area contributed by atoms with Gasteiger partial charge in [0.15, 0.2) is 0 Å². The quantitative estimate of drug-likeness (QED) is 0.154. The Hall–Kier alpha value is -1.70. The van der Waals surface area contributed by atoms with Crippen LogP contribution in [0.1, 0.15) is 25.7 Å². The van der Waals surface area contributed by atoms with Crippen molar-refractivity contribution in [3.8, 4) is 0 Å². The van der Waals surface area contributed by atoms with Crippen molar-refractivity contribution in [2.75, 3.05) is 0 Å². The van der Waals surface area contributed by atoms with Gasteiger partial charge in [0.2, 0.25) is 11.9 Å². The number of nitrogens with zero attached hydrogens (tertiary/aromatic N) is 2. The lowest BCUT2D eigenvalue weighted by Crippen LogP contribution is -2.61. The van der Waals surface area contributed by atoms with E-state index in [2.05, 4.69) is 20.8 Å². The van der Waals surface area contributed by atoms with Gasteiger partial charge in [-0.1, -0.05) is 0 Å². The van der Waals surface area contributed by atoms with Gasteiger partial charge < -0.3 is 22.6 Å². The Labute approximate surface area is 118 Å². The summed E-state index contributed by atoms with van der Waals surface area (Å²) in [6.45, 7) is 0. The topological polar surface area (TPSA) is 153 Å². The maximum absolute atomic E-state index is 5.72.